The Morgan fingerprint density at radius 2 is 2.17 bits per heavy atom. The molecule has 2 aromatic rings. The van der Waals surface area contributed by atoms with Gasteiger partial charge in [0.1, 0.15) is 0 Å². The quantitative estimate of drug-likeness (QED) is 0.871. The van der Waals surface area contributed by atoms with Gasteiger partial charge in [0.05, 0.1) is 28.8 Å². The molecule has 0 unspecified atom stereocenters. The van der Waals surface area contributed by atoms with Crippen molar-refractivity contribution in [3.63, 3.8) is 0 Å². The van der Waals surface area contributed by atoms with E-state index in [0.717, 1.165) is 17.1 Å². The van der Waals surface area contributed by atoms with Crippen molar-refractivity contribution < 1.29 is 4.79 Å². The van der Waals surface area contributed by atoms with Gasteiger partial charge in [0.15, 0.2) is 0 Å². The average Bonchev–Trinajstić information content (AvgIpc) is 2.92. The van der Waals surface area contributed by atoms with E-state index in [4.69, 9.17) is 0 Å². The van der Waals surface area contributed by atoms with Gasteiger partial charge in [-0.3, -0.25) is 14.6 Å². The minimum Gasteiger partial charge on any atom is -0.319 e. The summed E-state index contributed by atoms with van der Waals surface area (Å²) in [5.74, 6) is -0.182. The van der Waals surface area contributed by atoms with Gasteiger partial charge in [-0.1, -0.05) is 0 Å². The highest BCUT2D eigenvalue weighted by molar-refractivity contribution is 6.04. The van der Waals surface area contributed by atoms with Gasteiger partial charge in [-0.2, -0.15) is 10.2 Å². The maximum atomic E-state index is 12.0. The zero-order valence-corrected chi connectivity index (χ0v) is 11.0. The fourth-order valence-electron chi connectivity index (χ4n) is 1.91. The van der Waals surface area contributed by atoms with Crippen LogP contribution in [0.1, 0.15) is 41.6 Å². The summed E-state index contributed by atoms with van der Waals surface area (Å²) >= 11 is 0. The van der Waals surface area contributed by atoms with Crippen LogP contribution in [0.4, 0.5) is 5.69 Å². The molecule has 2 rings (SSSR count). The number of rotatable bonds is 3. The number of carbonyl (C=O) groups excluding carboxylic acids is 1. The molecule has 18 heavy (non-hydrogen) atoms. The number of amides is 1. The molecule has 6 heteroatoms. The van der Waals surface area contributed by atoms with E-state index in [-0.39, 0.29) is 11.9 Å². The predicted octanol–water partition coefficient (Wildman–Crippen LogP) is 2.06. The molecular weight excluding hydrogens is 230 g/mol. The molecule has 0 bridgehead atoms. The van der Waals surface area contributed by atoms with Gasteiger partial charge in [-0.15, -0.1) is 0 Å². The number of nitrogens with zero attached hydrogens (tertiary/aromatic N) is 3. The van der Waals surface area contributed by atoms with Crippen LogP contribution in [-0.2, 0) is 0 Å². The molecule has 0 aliphatic carbocycles. The van der Waals surface area contributed by atoms with Crippen molar-refractivity contribution in [1.82, 2.24) is 20.0 Å². The molecule has 0 saturated carbocycles. The number of hydrogen-bond acceptors (Lipinski definition) is 3. The Kier molecular flexibility index (Phi) is 3.18. The molecule has 2 heterocycles. The lowest BCUT2D eigenvalue weighted by Gasteiger charge is -2.08. The normalized spacial score (nSPS) is 10.9. The van der Waals surface area contributed by atoms with Crippen LogP contribution in [0.25, 0.3) is 0 Å². The highest BCUT2D eigenvalue weighted by Crippen LogP contribution is 2.22. The Hall–Kier alpha value is -2.11. The molecule has 6 nitrogen and oxygen atoms in total. The van der Waals surface area contributed by atoms with Crippen LogP contribution in [0.2, 0.25) is 0 Å². The Labute approximate surface area is 105 Å². The van der Waals surface area contributed by atoms with Crippen LogP contribution in [0.15, 0.2) is 12.4 Å². The molecular formula is C12H17N5O. The predicted molar refractivity (Wildman–Crippen MR) is 68.6 cm³/mol. The van der Waals surface area contributed by atoms with E-state index in [9.17, 15) is 4.79 Å². The number of hydrogen-bond donors (Lipinski definition) is 2. The number of H-pyrrole nitrogens is 1. The third kappa shape index (κ3) is 2.13. The Bertz CT molecular complexity index is 553. The van der Waals surface area contributed by atoms with Gasteiger partial charge in [0.25, 0.3) is 5.91 Å². The zero-order valence-electron chi connectivity index (χ0n) is 11.0. The van der Waals surface area contributed by atoms with Crippen molar-refractivity contribution in [1.29, 1.82) is 0 Å². The molecule has 96 valence electrons. The summed E-state index contributed by atoms with van der Waals surface area (Å²) in [6, 6.07) is 0.267. The Morgan fingerprint density at radius 3 is 2.67 bits per heavy atom. The first kappa shape index (κ1) is 12.3. The fraction of sp³-hybridized carbons (Fsp3) is 0.417. The Morgan fingerprint density at radius 1 is 1.44 bits per heavy atom. The zero-order chi connectivity index (χ0) is 13.3. The second kappa shape index (κ2) is 4.64. The fourth-order valence-corrected chi connectivity index (χ4v) is 1.91. The lowest BCUT2D eigenvalue weighted by Crippen LogP contribution is -2.12. The van der Waals surface area contributed by atoms with Crippen LogP contribution in [0, 0.1) is 13.8 Å². The molecule has 0 saturated heterocycles. The van der Waals surface area contributed by atoms with E-state index in [1.807, 2.05) is 18.5 Å². The van der Waals surface area contributed by atoms with E-state index in [2.05, 4.69) is 34.5 Å². The number of aryl methyl sites for hydroxylation is 1. The van der Waals surface area contributed by atoms with Gasteiger partial charge >= 0.3 is 0 Å². The molecule has 2 N–H and O–H groups in total. The molecule has 0 aliphatic rings. The summed E-state index contributed by atoms with van der Waals surface area (Å²) in [5.41, 5.74) is 3.05. The van der Waals surface area contributed by atoms with E-state index in [0.29, 0.717) is 5.56 Å². The van der Waals surface area contributed by atoms with Gasteiger partial charge < -0.3 is 5.32 Å². The highest BCUT2D eigenvalue weighted by atomic mass is 16.1. The maximum Gasteiger partial charge on any atom is 0.258 e. The van der Waals surface area contributed by atoms with Gasteiger partial charge in [-0.05, 0) is 27.7 Å². The summed E-state index contributed by atoms with van der Waals surface area (Å²) in [7, 11) is 0. The molecule has 0 radical (unpaired) electrons. The third-order valence-corrected chi connectivity index (χ3v) is 2.81. The minimum absolute atomic E-state index is 0.182. The first-order valence-electron chi connectivity index (χ1n) is 5.86. The first-order chi connectivity index (χ1) is 8.50. The van der Waals surface area contributed by atoms with Crippen molar-refractivity contribution in [2.24, 2.45) is 0 Å². The monoisotopic (exact) mass is 247 g/mol. The van der Waals surface area contributed by atoms with Crippen LogP contribution in [0.5, 0.6) is 0 Å². The first-order valence-corrected chi connectivity index (χ1v) is 5.86. The van der Waals surface area contributed by atoms with Gasteiger partial charge in [0.2, 0.25) is 0 Å². The van der Waals surface area contributed by atoms with E-state index < -0.39 is 0 Å². The standard InChI is InChI=1S/C12H17N5O/c1-7(2)17-9(4)11(8(3)16-17)15-12(18)10-5-13-14-6-10/h5-7H,1-4H3,(H,13,14)(H,15,18). The number of aromatic amines is 1. The SMILES string of the molecule is Cc1nn(C(C)C)c(C)c1NC(=O)c1cn[nH]c1. The van der Waals surface area contributed by atoms with Crippen LogP contribution in [0.3, 0.4) is 0 Å². The second-order valence-corrected chi connectivity index (χ2v) is 4.53. The molecule has 0 aromatic carbocycles. The lowest BCUT2D eigenvalue weighted by molar-refractivity contribution is 0.102. The molecule has 0 aliphatic heterocycles. The van der Waals surface area contributed by atoms with Crippen molar-refractivity contribution in [3.8, 4) is 0 Å². The minimum atomic E-state index is -0.182. The number of aromatic nitrogens is 4. The van der Waals surface area contributed by atoms with Crippen molar-refractivity contribution >= 4 is 11.6 Å². The topological polar surface area (TPSA) is 75.6 Å². The molecule has 0 spiro atoms. The maximum absolute atomic E-state index is 12.0. The lowest BCUT2D eigenvalue weighted by atomic mass is 10.2. The van der Waals surface area contributed by atoms with Gasteiger partial charge in [-0.25, -0.2) is 0 Å². The van der Waals surface area contributed by atoms with Crippen molar-refractivity contribution in [3.05, 3.63) is 29.3 Å². The number of anilines is 1. The highest BCUT2D eigenvalue weighted by Gasteiger charge is 2.16. The molecule has 1 amide bonds. The van der Waals surface area contributed by atoms with Crippen LogP contribution >= 0.6 is 0 Å². The summed E-state index contributed by atoms with van der Waals surface area (Å²) in [4.78, 5) is 12.0. The summed E-state index contributed by atoms with van der Waals surface area (Å²) in [6.07, 6.45) is 3.06. The Balaban J connectivity index is 2.27. The third-order valence-electron chi connectivity index (χ3n) is 2.81. The van der Waals surface area contributed by atoms with E-state index in [1.54, 1.807) is 6.20 Å². The largest absolute Gasteiger partial charge is 0.319 e. The number of carbonyl (C=O) groups is 1. The van der Waals surface area contributed by atoms with Crippen molar-refractivity contribution in [2.75, 3.05) is 5.32 Å². The van der Waals surface area contributed by atoms with E-state index >= 15 is 0 Å². The van der Waals surface area contributed by atoms with Crippen LogP contribution in [-0.4, -0.2) is 25.9 Å². The summed E-state index contributed by atoms with van der Waals surface area (Å²) in [6.45, 7) is 7.95. The second-order valence-electron chi connectivity index (χ2n) is 4.53. The molecule has 2 aromatic heterocycles. The average molecular weight is 247 g/mol. The number of nitrogens with one attached hydrogen (secondary N) is 2. The van der Waals surface area contributed by atoms with E-state index in [1.165, 1.54) is 6.20 Å². The summed E-state index contributed by atoms with van der Waals surface area (Å²) < 4.78 is 1.90. The smallest absolute Gasteiger partial charge is 0.258 e. The molecule has 0 atom stereocenters. The van der Waals surface area contributed by atoms with Crippen molar-refractivity contribution in [2.45, 2.75) is 33.7 Å². The summed E-state index contributed by atoms with van der Waals surface area (Å²) in [5, 5.41) is 13.7. The van der Waals surface area contributed by atoms with Crippen LogP contribution < -0.4 is 5.32 Å². The van der Waals surface area contributed by atoms with Gasteiger partial charge in [0, 0.05) is 12.2 Å². The molecule has 0 fully saturated rings.